The van der Waals surface area contributed by atoms with Gasteiger partial charge in [0.05, 0.1) is 11.3 Å². The number of nitrogens with zero attached hydrogens (tertiary/aromatic N) is 3. The molecule has 0 aliphatic carbocycles. The Balaban J connectivity index is 1.63. The lowest BCUT2D eigenvalue weighted by Gasteiger charge is -2.22. The molecule has 1 aromatic carbocycles. The van der Waals surface area contributed by atoms with Crippen LogP contribution in [0.5, 0.6) is 0 Å². The molecule has 2 heterocycles. The third kappa shape index (κ3) is 4.66. The number of nitrogens with one attached hydrogen (secondary N) is 1. The van der Waals surface area contributed by atoms with E-state index >= 15 is 0 Å². The molecule has 0 spiro atoms. The quantitative estimate of drug-likeness (QED) is 0.685. The molecule has 0 atom stereocenters. The molecule has 0 radical (unpaired) electrons. The summed E-state index contributed by atoms with van der Waals surface area (Å²) in [6.45, 7) is 4.16. The Kier molecular flexibility index (Phi) is 5.77. The highest BCUT2D eigenvalue weighted by atomic mass is 16.2. The molecule has 1 amide bonds. The molecule has 0 unspecified atom stereocenters. The van der Waals surface area contributed by atoms with Gasteiger partial charge in [-0.3, -0.25) is 9.78 Å². The molecule has 1 aliphatic heterocycles. The largest absolute Gasteiger partial charge is 0.372 e. The Bertz CT molecular complexity index is 717. The van der Waals surface area contributed by atoms with Crippen molar-refractivity contribution in [1.82, 2.24) is 10.4 Å². The van der Waals surface area contributed by atoms with Gasteiger partial charge in [0.2, 0.25) is 0 Å². The molecule has 5 heteroatoms. The van der Waals surface area contributed by atoms with Gasteiger partial charge in [-0.15, -0.1) is 0 Å². The first-order chi connectivity index (χ1) is 12.2. The summed E-state index contributed by atoms with van der Waals surface area (Å²) >= 11 is 0. The molecule has 0 saturated carbocycles. The van der Waals surface area contributed by atoms with E-state index in [4.69, 9.17) is 0 Å². The van der Waals surface area contributed by atoms with Crippen molar-refractivity contribution in [2.75, 3.05) is 18.0 Å². The highest BCUT2D eigenvalue weighted by Crippen LogP contribution is 2.20. The highest BCUT2D eigenvalue weighted by molar-refractivity contribution is 6.01. The van der Waals surface area contributed by atoms with Crippen molar-refractivity contribution in [3.05, 3.63) is 59.9 Å². The average Bonchev–Trinajstić information content (AvgIpc) is 2.96. The standard InChI is InChI=1S/C20H24N4O/c1-16(22-23-20(25)18-7-6-12-21-15-18)17-8-10-19(11-9-17)24-13-4-2-3-5-14-24/h6-12,15H,2-5,13-14H2,1H3,(H,23,25)/b22-16-. The number of carbonyl (C=O) groups excluding carboxylic acids is 1. The van der Waals surface area contributed by atoms with Gasteiger partial charge in [0.1, 0.15) is 0 Å². The van der Waals surface area contributed by atoms with Gasteiger partial charge in [-0.05, 0) is 49.6 Å². The zero-order valence-electron chi connectivity index (χ0n) is 14.6. The lowest BCUT2D eigenvalue weighted by molar-refractivity contribution is 0.0954. The van der Waals surface area contributed by atoms with E-state index in [2.05, 4.69) is 44.7 Å². The van der Waals surface area contributed by atoms with Gasteiger partial charge < -0.3 is 4.90 Å². The maximum atomic E-state index is 12.0. The first-order valence-electron chi connectivity index (χ1n) is 8.84. The van der Waals surface area contributed by atoms with Gasteiger partial charge >= 0.3 is 0 Å². The summed E-state index contributed by atoms with van der Waals surface area (Å²) in [6, 6.07) is 11.9. The van der Waals surface area contributed by atoms with Crippen LogP contribution in [0.1, 0.15) is 48.5 Å². The van der Waals surface area contributed by atoms with Crippen molar-refractivity contribution in [3.8, 4) is 0 Å². The minimum atomic E-state index is -0.256. The van der Waals surface area contributed by atoms with E-state index < -0.39 is 0 Å². The Morgan fingerprint density at radius 1 is 1.04 bits per heavy atom. The van der Waals surface area contributed by atoms with Gasteiger partial charge in [-0.25, -0.2) is 5.43 Å². The number of pyridine rings is 1. The first-order valence-corrected chi connectivity index (χ1v) is 8.84. The minimum absolute atomic E-state index is 0.256. The summed E-state index contributed by atoms with van der Waals surface area (Å²) in [5.74, 6) is -0.256. The lowest BCUT2D eigenvalue weighted by atomic mass is 10.1. The molecule has 1 N–H and O–H groups in total. The molecule has 0 bridgehead atoms. The predicted octanol–water partition coefficient (Wildman–Crippen LogP) is 3.62. The number of carbonyl (C=O) groups is 1. The van der Waals surface area contributed by atoms with Crippen LogP contribution in [0, 0.1) is 0 Å². The molecular weight excluding hydrogens is 312 g/mol. The molecule has 3 rings (SSSR count). The van der Waals surface area contributed by atoms with Crippen molar-refractivity contribution in [2.24, 2.45) is 5.10 Å². The Labute approximate surface area is 148 Å². The van der Waals surface area contributed by atoms with Crippen molar-refractivity contribution >= 4 is 17.3 Å². The normalized spacial score (nSPS) is 15.6. The van der Waals surface area contributed by atoms with E-state index in [1.165, 1.54) is 37.6 Å². The fourth-order valence-electron chi connectivity index (χ4n) is 3.00. The van der Waals surface area contributed by atoms with Crippen LogP contribution in [0.15, 0.2) is 53.9 Å². The van der Waals surface area contributed by atoms with Gasteiger partial charge in [0, 0.05) is 31.2 Å². The monoisotopic (exact) mass is 336 g/mol. The number of hydrazone groups is 1. The molecule has 1 saturated heterocycles. The van der Waals surface area contributed by atoms with Gasteiger partial charge in [0.15, 0.2) is 0 Å². The van der Waals surface area contributed by atoms with Crippen LogP contribution in [0.3, 0.4) is 0 Å². The number of rotatable bonds is 4. The summed E-state index contributed by atoms with van der Waals surface area (Å²) in [6.07, 6.45) is 8.35. The third-order valence-electron chi connectivity index (χ3n) is 4.51. The van der Waals surface area contributed by atoms with Crippen LogP contribution < -0.4 is 10.3 Å². The van der Waals surface area contributed by atoms with Crippen molar-refractivity contribution < 1.29 is 4.79 Å². The van der Waals surface area contributed by atoms with E-state index in [1.807, 2.05) is 6.92 Å². The van der Waals surface area contributed by atoms with E-state index in [9.17, 15) is 4.79 Å². The maximum absolute atomic E-state index is 12.0. The molecule has 130 valence electrons. The topological polar surface area (TPSA) is 57.6 Å². The van der Waals surface area contributed by atoms with Crippen LogP contribution in [0.25, 0.3) is 0 Å². The molecule has 1 aromatic heterocycles. The van der Waals surface area contributed by atoms with Crippen molar-refractivity contribution in [1.29, 1.82) is 0 Å². The molecular formula is C20H24N4O. The fraction of sp³-hybridized carbons (Fsp3) is 0.350. The Hall–Kier alpha value is -2.69. The molecule has 1 fully saturated rings. The molecule has 5 nitrogen and oxygen atoms in total. The number of hydrogen-bond donors (Lipinski definition) is 1. The SMILES string of the molecule is C/C(=N/NC(=O)c1cccnc1)c1ccc(N2CCCCCC2)cc1. The third-order valence-corrected chi connectivity index (χ3v) is 4.51. The van der Waals surface area contributed by atoms with Gasteiger partial charge in [0.25, 0.3) is 5.91 Å². The second kappa shape index (κ2) is 8.42. The van der Waals surface area contributed by atoms with E-state index in [0.717, 1.165) is 24.4 Å². The van der Waals surface area contributed by atoms with Crippen LogP contribution in [0.4, 0.5) is 5.69 Å². The van der Waals surface area contributed by atoms with Crippen LogP contribution in [-0.2, 0) is 0 Å². The number of benzene rings is 1. The van der Waals surface area contributed by atoms with Crippen molar-refractivity contribution in [3.63, 3.8) is 0 Å². The molecule has 25 heavy (non-hydrogen) atoms. The number of aromatic nitrogens is 1. The van der Waals surface area contributed by atoms with E-state index in [-0.39, 0.29) is 5.91 Å². The zero-order chi connectivity index (χ0) is 17.5. The first kappa shape index (κ1) is 17.1. The van der Waals surface area contributed by atoms with Crippen LogP contribution in [0.2, 0.25) is 0 Å². The Morgan fingerprint density at radius 2 is 1.76 bits per heavy atom. The fourth-order valence-corrected chi connectivity index (χ4v) is 3.00. The Morgan fingerprint density at radius 3 is 2.40 bits per heavy atom. The second-order valence-electron chi connectivity index (χ2n) is 6.33. The van der Waals surface area contributed by atoms with Gasteiger partial charge in [-0.1, -0.05) is 25.0 Å². The summed E-state index contributed by atoms with van der Waals surface area (Å²) in [5.41, 5.74) is 6.12. The highest BCUT2D eigenvalue weighted by Gasteiger charge is 2.10. The summed E-state index contributed by atoms with van der Waals surface area (Å²) in [7, 11) is 0. The number of amides is 1. The zero-order valence-corrected chi connectivity index (χ0v) is 14.6. The predicted molar refractivity (Wildman–Crippen MR) is 101 cm³/mol. The van der Waals surface area contributed by atoms with Gasteiger partial charge in [-0.2, -0.15) is 5.10 Å². The van der Waals surface area contributed by atoms with E-state index in [0.29, 0.717) is 5.56 Å². The minimum Gasteiger partial charge on any atom is -0.372 e. The summed E-state index contributed by atoms with van der Waals surface area (Å²) < 4.78 is 0. The van der Waals surface area contributed by atoms with Crippen LogP contribution in [-0.4, -0.2) is 29.7 Å². The average molecular weight is 336 g/mol. The maximum Gasteiger partial charge on any atom is 0.272 e. The summed E-state index contributed by atoms with van der Waals surface area (Å²) in [5, 5.41) is 4.20. The lowest BCUT2D eigenvalue weighted by Crippen LogP contribution is -2.23. The number of anilines is 1. The number of hydrogen-bond acceptors (Lipinski definition) is 4. The van der Waals surface area contributed by atoms with Crippen LogP contribution >= 0.6 is 0 Å². The second-order valence-corrected chi connectivity index (χ2v) is 6.33. The smallest absolute Gasteiger partial charge is 0.272 e. The molecule has 1 aliphatic rings. The molecule has 2 aromatic rings. The van der Waals surface area contributed by atoms with E-state index in [1.54, 1.807) is 18.3 Å². The van der Waals surface area contributed by atoms with Crippen molar-refractivity contribution in [2.45, 2.75) is 32.6 Å². The summed E-state index contributed by atoms with van der Waals surface area (Å²) in [4.78, 5) is 18.4.